The monoisotopic (exact) mass is 552 g/mol. The van der Waals surface area contributed by atoms with Gasteiger partial charge in [-0.25, -0.2) is 4.79 Å². The third kappa shape index (κ3) is 9.31. The van der Waals surface area contributed by atoms with Crippen LogP contribution < -0.4 is 10.2 Å². The van der Waals surface area contributed by atoms with Gasteiger partial charge in [0.15, 0.2) is 0 Å². The Labute approximate surface area is 241 Å². The van der Waals surface area contributed by atoms with Gasteiger partial charge in [-0.15, -0.1) is 0 Å². The van der Waals surface area contributed by atoms with E-state index in [1.165, 1.54) is 11.1 Å². The van der Waals surface area contributed by atoms with Crippen molar-refractivity contribution >= 4 is 29.4 Å². The Kier molecular flexibility index (Phi) is 11.2. The molecule has 0 aliphatic heterocycles. The van der Waals surface area contributed by atoms with Crippen molar-refractivity contribution < 1.29 is 14.3 Å². The predicted octanol–water partition coefficient (Wildman–Crippen LogP) is 7.33. The van der Waals surface area contributed by atoms with Gasteiger partial charge in [0, 0.05) is 28.6 Å². The number of carbonyl (C=O) groups is 2. The largest absolute Gasteiger partial charge is 0.466 e. The minimum atomic E-state index is -0.219. The lowest BCUT2D eigenvalue weighted by molar-refractivity contribution is -0.142. The molecular formula is C34H36N2O3S. The molecule has 0 heterocycles. The summed E-state index contributed by atoms with van der Waals surface area (Å²) >= 11 is 1.63. The average Bonchev–Trinajstić information content (AvgIpc) is 2.97. The number of anilines is 1. The molecule has 0 radical (unpaired) electrons. The first-order valence-electron chi connectivity index (χ1n) is 13.8. The lowest BCUT2D eigenvalue weighted by Crippen LogP contribution is -2.41. The average molecular weight is 553 g/mol. The quantitative estimate of drug-likeness (QED) is 0.176. The van der Waals surface area contributed by atoms with Crippen LogP contribution in [0.2, 0.25) is 0 Å². The first kappa shape index (κ1) is 29.0. The summed E-state index contributed by atoms with van der Waals surface area (Å²) in [6, 6.07) is 36.5. The maximum Gasteiger partial charge on any atom is 0.321 e. The zero-order valence-electron chi connectivity index (χ0n) is 22.9. The Morgan fingerprint density at radius 1 is 0.750 bits per heavy atom. The molecule has 1 N–H and O–H groups in total. The van der Waals surface area contributed by atoms with Crippen LogP contribution in [0.25, 0.3) is 0 Å². The van der Waals surface area contributed by atoms with E-state index in [0.29, 0.717) is 19.7 Å². The highest BCUT2D eigenvalue weighted by Crippen LogP contribution is 2.30. The molecule has 5 nitrogen and oxygen atoms in total. The predicted molar refractivity (Wildman–Crippen MR) is 163 cm³/mol. The van der Waals surface area contributed by atoms with E-state index in [1.54, 1.807) is 11.8 Å². The summed E-state index contributed by atoms with van der Waals surface area (Å²) in [4.78, 5) is 29.1. The molecule has 4 aromatic rings. The number of nitrogens with zero attached hydrogens (tertiary/aromatic N) is 1. The van der Waals surface area contributed by atoms with E-state index in [-0.39, 0.29) is 18.4 Å². The van der Waals surface area contributed by atoms with E-state index in [9.17, 15) is 9.59 Å². The van der Waals surface area contributed by atoms with Crippen molar-refractivity contribution in [3.8, 4) is 0 Å². The van der Waals surface area contributed by atoms with Crippen LogP contribution in [0.15, 0.2) is 119 Å². The number of rotatable bonds is 13. The van der Waals surface area contributed by atoms with E-state index < -0.39 is 0 Å². The summed E-state index contributed by atoms with van der Waals surface area (Å²) < 4.78 is 5.08. The Hall–Kier alpha value is -4.03. The number of amides is 2. The lowest BCUT2D eigenvalue weighted by atomic mass is 10.1. The Morgan fingerprint density at radius 3 is 2.08 bits per heavy atom. The maximum atomic E-state index is 13.3. The zero-order chi connectivity index (χ0) is 28.0. The molecule has 0 saturated carbocycles. The summed E-state index contributed by atoms with van der Waals surface area (Å²) in [6.07, 6.45) is 2.82. The SMILES string of the molecule is CCOC(=O)Cc1cccc(Sc2ccc(N(CCCc3ccccc3)C(=O)NCCc3ccccc3)cc2)c1. The van der Waals surface area contributed by atoms with Crippen LogP contribution in [0.4, 0.5) is 10.5 Å². The standard InChI is InChI=1S/C34H36N2O3S/c1-2-39-33(37)26-29-15-9-17-32(25-29)40-31-20-18-30(19-21-31)36(24-10-16-27-11-5-3-6-12-27)34(38)35-23-22-28-13-7-4-8-14-28/h3-9,11-15,17-21,25H,2,10,16,22-24,26H2,1H3,(H,35,38). The molecule has 4 aromatic carbocycles. The molecule has 2 amide bonds. The molecule has 0 aliphatic carbocycles. The van der Waals surface area contributed by atoms with Gasteiger partial charge in [-0.3, -0.25) is 9.69 Å². The van der Waals surface area contributed by atoms with Gasteiger partial charge in [-0.2, -0.15) is 0 Å². The molecule has 0 saturated heterocycles. The number of nitrogens with one attached hydrogen (secondary N) is 1. The van der Waals surface area contributed by atoms with Crippen LogP contribution in [0.1, 0.15) is 30.0 Å². The van der Waals surface area contributed by atoms with Crippen molar-refractivity contribution in [1.29, 1.82) is 0 Å². The first-order valence-corrected chi connectivity index (χ1v) is 14.6. The molecule has 206 valence electrons. The topological polar surface area (TPSA) is 58.6 Å². The number of aryl methyl sites for hydroxylation is 1. The van der Waals surface area contributed by atoms with E-state index in [4.69, 9.17) is 4.74 Å². The molecule has 0 aromatic heterocycles. The third-order valence-corrected chi connectivity index (χ3v) is 7.40. The van der Waals surface area contributed by atoms with Crippen molar-refractivity contribution in [2.24, 2.45) is 0 Å². The van der Waals surface area contributed by atoms with Gasteiger partial charge in [0.2, 0.25) is 0 Å². The lowest BCUT2D eigenvalue weighted by Gasteiger charge is -2.24. The second-order valence-electron chi connectivity index (χ2n) is 9.43. The van der Waals surface area contributed by atoms with Crippen molar-refractivity contribution in [3.63, 3.8) is 0 Å². The smallest absolute Gasteiger partial charge is 0.321 e. The molecule has 40 heavy (non-hydrogen) atoms. The van der Waals surface area contributed by atoms with Crippen LogP contribution >= 0.6 is 11.8 Å². The number of esters is 1. The fraction of sp³-hybridized carbons (Fsp3) is 0.235. The highest BCUT2D eigenvalue weighted by molar-refractivity contribution is 7.99. The van der Waals surface area contributed by atoms with Crippen LogP contribution in [0, 0.1) is 0 Å². The molecular weight excluding hydrogens is 516 g/mol. The summed E-state index contributed by atoms with van der Waals surface area (Å²) in [6.45, 7) is 3.39. The molecule has 0 bridgehead atoms. The van der Waals surface area contributed by atoms with E-state index in [1.807, 2.05) is 96.8 Å². The zero-order valence-corrected chi connectivity index (χ0v) is 23.7. The molecule has 4 rings (SSSR count). The Balaban J connectivity index is 1.40. The van der Waals surface area contributed by atoms with E-state index in [2.05, 4.69) is 29.6 Å². The Morgan fingerprint density at radius 2 is 1.40 bits per heavy atom. The number of carbonyl (C=O) groups excluding carboxylic acids is 2. The van der Waals surface area contributed by atoms with Crippen LogP contribution in [-0.2, 0) is 28.8 Å². The van der Waals surface area contributed by atoms with Gasteiger partial charge in [0.25, 0.3) is 0 Å². The van der Waals surface area contributed by atoms with E-state index in [0.717, 1.165) is 40.3 Å². The van der Waals surface area contributed by atoms with Crippen LogP contribution in [0.3, 0.4) is 0 Å². The number of ether oxygens (including phenoxy) is 1. The summed E-state index contributed by atoms with van der Waals surface area (Å²) in [5, 5.41) is 3.11. The summed E-state index contributed by atoms with van der Waals surface area (Å²) in [7, 11) is 0. The van der Waals surface area contributed by atoms with Crippen molar-refractivity contribution in [2.75, 3.05) is 24.6 Å². The van der Waals surface area contributed by atoms with Gasteiger partial charge in [-0.05, 0) is 79.3 Å². The molecule has 0 aliphatic rings. The van der Waals surface area contributed by atoms with Gasteiger partial charge in [0.1, 0.15) is 0 Å². The number of hydrogen-bond donors (Lipinski definition) is 1. The van der Waals surface area contributed by atoms with E-state index >= 15 is 0 Å². The molecule has 0 fully saturated rings. The van der Waals surface area contributed by atoms with Crippen molar-refractivity contribution in [1.82, 2.24) is 5.32 Å². The molecule has 6 heteroatoms. The minimum absolute atomic E-state index is 0.0870. The number of hydrogen-bond acceptors (Lipinski definition) is 4. The minimum Gasteiger partial charge on any atom is -0.466 e. The highest BCUT2D eigenvalue weighted by atomic mass is 32.2. The second kappa shape index (κ2) is 15.5. The van der Waals surface area contributed by atoms with Crippen molar-refractivity contribution in [3.05, 3.63) is 126 Å². The fourth-order valence-electron chi connectivity index (χ4n) is 4.42. The normalized spacial score (nSPS) is 10.6. The third-order valence-electron chi connectivity index (χ3n) is 6.40. The van der Waals surface area contributed by atoms with Crippen molar-refractivity contribution in [2.45, 2.75) is 42.4 Å². The molecule has 0 spiro atoms. The highest BCUT2D eigenvalue weighted by Gasteiger charge is 2.16. The van der Waals surface area contributed by atoms with Crippen LogP contribution in [-0.4, -0.2) is 31.7 Å². The second-order valence-corrected chi connectivity index (χ2v) is 10.6. The number of urea groups is 1. The van der Waals surface area contributed by atoms with Gasteiger partial charge >= 0.3 is 12.0 Å². The summed E-state index contributed by atoms with van der Waals surface area (Å²) in [5.41, 5.74) is 4.26. The van der Waals surface area contributed by atoms with Gasteiger partial charge < -0.3 is 10.1 Å². The fourth-order valence-corrected chi connectivity index (χ4v) is 5.32. The van der Waals surface area contributed by atoms with Crippen LogP contribution in [0.5, 0.6) is 0 Å². The Bertz CT molecular complexity index is 1340. The first-order chi connectivity index (χ1) is 19.6. The summed E-state index contributed by atoms with van der Waals surface area (Å²) in [5.74, 6) is -0.219. The number of benzene rings is 4. The maximum absolute atomic E-state index is 13.3. The van der Waals surface area contributed by atoms with Gasteiger partial charge in [0.05, 0.1) is 13.0 Å². The molecule has 0 atom stereocenters. The molecule has 0 unspecified atom stereocenters. The van der Waals surface area contributed by atoms with Gasteiger partial charge in [-0.1, -0.05) is 84.6 Å².